The van der Waals surface area contributed by atoms with Crippen molar-refractivity contribution in [3.8, 4) is 11.3 Å². The van der Waals surface area contributed by atoms with Gasteiger partial charge in [-0.25, -0.2) is 4.39 Å². The van der Waals surface area contributed by atoms with E-state index >= 15 is 0 Å². The van der Waals surface area contributed by atoms with Crippen LogP contribution in [-0.2, 0) is 11.2 Å². The zero-order chi connectivity index (χ0) is 16.1. The molecule has 2 aromatic carbocycles. The number of para-hydroxylation sites is 1. The second kappa shape index (κ2) is 6.92. The monoisotopic (exact) mass is 309 g/mol. The van der Waals surface area contributed by atoms with E-state index < -0.39 is 0 Å². The summed E-state index contributed by atoms with van der Waals surface area (Å²) < 4.78 is 19.3. The average molecular weight is 309 g/mol. The van der Waals surface area contributed by atoms with Crippen LogP contribution in [0.1, 0.15) is 12.2 Å². The third kappa shape index (κ3) is 3.86. The molecule has 0 aliphatic rings. The zero-order valence-corrected chi connectivity index (χ0v) is 12.5. The van der Waals surface area contributed by atoms with Crippen LogP contribution >= 0.6 is 0 Å². The summed E-state index contributed by atoms with van der Waals surface area (Å²) in [5, 5.41) is 2.82. The summed E-state index contributed by atoms with van der Waals surface area (Å²) in [6.45, 7) is 0. The largest absolute Gasteiger partial charge is 0.461 e. The summed E-state index contributed by atoms with van der Waals surface area (Å²) in [5.41, 5.74) is 1.19. The third-order valence-electron chi connectivity index (χ3n) is 3.46. The van der Waals surface area contributed by atoms with Crippen molar-refractivity contribution in [2.24, 2.45) is 0 Å². The van der Waals surface area contributed by atoms with Gasteiger partial charge in [0.2, 0.25) is 5.91 Å². The predicted octanol–water partition coefficient (Wildman–Crippen LogP) is 4.66. The first kappa shape index (κ1) is 15.0. The number of benzene rings is 2. The van der Waals surface area contributed by atoms with Gasteiger partial charge in [0.15, 0.2) is 0 Å². The molecule has 0 spiro atoms. The van der Waals surface area contributed by atoms with Gasteiger partial charge in [0.05, 0.1) is 5.56 Å². The molecule has 0 atom stereocenters. The summed E-state index contributed by atoms with van der Waals surface area (Å²) in [6.07, 6.45) is 0.770. The number of anilines is 1. The first-order chi connectivity index (χ1) is 11.2. The first-order valence-electron chi connectivity index (χ1n) is 7.41. The van der Waals surface area contributed by atoms with E-state index in [1.165, 1.54) is 6.07 Å². The molecule has 1 aromatic heterocycles. The molecule has 3 nitrogen and oxygen atoms in total. The summed E-state index contributed by atoms with van der Waals surface area (Å²) in [6, 6.07) is 19.2. The van der Waals surface area contributed by atoms with Gasteiger partial charge in [0, 0.05) is 18.5 Å². The van der Waals surface area contributed by atoms with Gasteiger partial charge < -0.3 is 9.73 Å². The molecule has 23 heavy (non-hydrogen) atoms. The highest BCUT2D eigenvalue weighted by atomic mass is 19.1. The van der Waals surface area contributed by atoms with E-state index in [0.717, 1.165) is 5.69 Å². The van der Waals surface area contributed by atoms with Gasteiger partial charge in [-0.15, -0.1) is 0 Å². The summed E-state index contributed by atoms with van der Waals surface area (Å²) in [5.74, 6) is 0.725. The highest BCUT2D eigenvalue weighted by Crippen LogP contribution is 2.25. The minimum absolute atomic E-state index is 0.0833. The maximum Gasteiger partial charge on any atom is 0.224 e. The first-order valence-corrected chi connectivity index (χ1v) is 7.41. The van der Waals surface area contributed by atoms with Crippen molar-refractivity contribution in [3.63, 3.8) is 0 Å². The van der Waals surface area contributed by atoms with Crippen molar-refractivity contribution in [1.82, 2.24) is 0 Å². The Hall–Kier alpha value is -2.88. The van der Waals surface area contributed by atoms with Gasteiger partial charge in [0.25, 0.3) is 0 Å². The molecule has 0 unspecified atom stereocenters. The van der Waals surface area contributed by atoms with Crippen molar-refractivity contribution in [2.75, 3.05) is 5.32 Å². The van der Waals surface area contributed by atoms with Crippen LogP contribution in [0.3, 0.4) is 0 Å². The Morgan fingerprint density at radius 2 is 1.70 bits per heavy atom. The van der Waals surface area contributed by atoms with Crippen LogP contribution in [0.5, 0.6) is 0 Å². The standard InChI is InChI=1S/C19H16FNO2/c20-17-9-5-4-8-16(17)18-12-10-15(23-18)11-13-19(22)21-14-6-2-1-3-7-14/h1-10,12H,11,13H2,(H,21,22). The van der Waals surface area contributed by atoms with Crippen LogP contribution < -0.4 is 5.32 Å². The second-order valence-corrected chi connectivity index (χ2v) is 5.16. The lowest BCUT2D eigenvalue weighted by Gasteiger charge is -2.04. The van der Waals surface area contributed by atoms with Crippen molar-refractivity contribution in [2.45, 2.75) is 12.8 Å². The van der Waals surface area contributed by atoms with Crippen LogP contribution in [0.25, 0.3) is 11.3 Å². The lowest BCUT2D eigenvalue weighted by molar-refractivity contribution is -0.116. The molecule has 116 valence electrons. The van der Waals surface area contributed by atoms with Crippen molar-refractivity contribution < 1.29 is 13.6 Å². The van der Waals surface area contributed by atoms with Gasteiger partial charge in [-0.2, -0.15) is 0 Å². The molecule has 0 fully saturated rings. The molecule has 3 rings (SSSR count). The molecule has 4 heteroatoms. The number of nitrogens with one attached hydrogen (secondary N) is 1. The van der Waals surface area contributed by atoms with Crippen LogP contribution in [0.15, 0.2) is 71.1 Å². The second-order valence-electron chi connectivity index (χ2n) is 5.16. The highest BCUT2D eigenvalue weighted by Gasteiger charge is 2.10. The maximum absolute atomic E-state index is 13.7. The molecule has 0 saturated heterocycles. The lowest BCUT2D eigenvalue weighted by atomic mass is 10.1. The molecule has 0 saturated carbocycles. The van der Waals surface area contributed by atoms with Crippen LogP contribution in [0.4, 0.5) is 10.1 Å². The van der Waals surface area contributed by atoms with Crippen LogP contribution in [0, 0.1) is 5.82 Å². The lowest BCUT2D eigenvalue weighted by Crippen LogP contribution is -2.11. The fourth-order valence-electron chi connectivity index (χ4n) is 2.30. The Labute approximate surface area is 133 Å². The Bertz CT molecular complexity index is 796. The van der Waals surface area contributed by atoms with E-state index in [0.29, 0.717) is 29.9 Å². The minimum Gasteiger partial charge on any atom is -0.461 e. The number of hydrogen-bond donors (Lipinski definition) is 1. The fourth-order valence-corrected chi connectivity index (χ4v) is 2.30. The van der Waals surface area contributed by atoms with E-state index in [2.05, 4.69) is 5.32 Å². The predicted molar refractivity (Wildman–Crippen MR) is 87.5 cm³/mol. The van der Waals surface area contributed by atoms with Crippen LogP contribution in [0.2, 0.25) is 0 Å². The molecule has 1 N–H and O–H groups in total. The quantitative estimate of drug-likeness (QED) is 0.745. The summed E-state index contributed by atoms with van der Waals surface area (Å²) >= 11 is 0. The number of aryl methyl sites for hydroxylation is 1. The highest BCUT2D eigenvalue weighted by molar-refractivity contribution is 5.90. The minimum atomic E-state index is -0.324. The van der Waals surface area contributed by atoms with Gasteiger partial charge in [0.1, 0.15) is 17.3 Å². The summed E-state index contributed by atoms with van der Waals surface area (Å²) in [7, 11) is 0. The Kier molecular flexibility index (Phi) is 4.52. The normalized spacial score (nSPS) is 10.5. The Morgan fingerprint density at radius 1 is 0.957 bits per heavy atom. The number of amides is 1. The Balaban J connectivity index is 1.59. The van der Waals surface area contributed by atoms with E-state index in [4.69, 9.17) is 4.42 Å². The SMILES string of the molecule is O=C(CCc1ccc(-c2ccccc2F)o1)Nc1ccccc1. The van der Waals surface area contributed by atoms with E-state index in [-0.39, 0.29) is 11.7 Å². The molecule has 3 aromatic rings. The van der Waals surface area contributed by atoms with Gasteiger partial charge in [-0.3, -0.25) is 4.79 Å². The van der Waals surface area contributed by atoms with E-state index in [1.807, 2.05) is 30.3 Å². The molecule has 0 radical (unpaired) electrons. The van der Waals surface area contributed by atoms with Gasteiger partial charge >= 0.3 is 0 Å². The van der Waals surface area contributed by atoms with E-state index in [9.17, 15) is 9.18 Å². The van der Waals surface area contributed by atoms with E-state index in [1.54, 1.807) is 30.3 Å². The topological polar surface area (TPSA) is 42.2 Å². The zero-order valence-electron chi connectivity index (χ0n) is 12.5. The fraction of sp³-hybridized carbons (Fsp3) is 0.105. The maximum atomic E-state index is 13.7. The molecule has 0 aliphatic heterocycles. The molecule has 1 amide bonds. The Morgan fingerprint density at radius 3 is 2.48 bits per heavy atom. The number of halogens is 1. The van der Waals surface area contributed by atoms with Crippen molar-refractivity contribution >= 4 is 11.6 Å². The number of carbonyl (C=O) groups excluding carboxylic acids is 1. The molecule has 0 bridgehead atoms. The molecule has 1 heterocycles. The van der Waals surface area contributed by atoms with Crippen molar-refractivity contribution in [3.05, 3.63) is 78.3 Å². The number of hydrogen-bond acceptors (Lipinski definition) is 2. The third-order valence-corrected chi connectivity index (χ3v) is 3.46. The smallest absolute Gasteiger partial charge is 0.224 e. The molecular weight excluding hydrogens is 293 g/mol. The number of furan rings is 1. The number of rotatable bonds is 5. The summed E-state index contributed by atoms with van der Waals surface area (Å²) in [4.78, 5) is 11.9. The van der Waals surface area contributed by atoms with Crippen LogP contribution in [-0.4, -0.2) is 5.91 Å². The molecular formula is C19H16FNO2. The number of carbonyl (C=O) groups is 1. The molecule has 0 aliphatic carbocycles. The van der Waals surface area contributed by atoms with Gasteiger partial charge in [-0.05, 0) is 36.4 Å². The van der Waals surface area contributed by atoms with Crippen molar-refractivity contribution in [1.29, 1.82) is 0 Å². The average Bonchev–Trinajstić information content (AvgIpc) is 3.03. The van der Waals surface area contributed by atoms with Gasteiger partial charge in [-0.1, -0.05) is 30.3 Å².